The molecule has 0 saturated heterocycles. The molecule has 1 N–H and O–H groups in total. The molecule has 0 bridgehead atoms. The summed E-state index contributed by atoms with van der Waals surface area (Å²) < 4.78 is 5.71. The van der Waals surface area contributed by atoms with E-state index in [2.05, 4.69) is 0 Å². The highest BCUT2D eigenvalue weighted by atomic mass is 16.5. The van der Waals surface area contributed by atoms with Gasteiger partial charge < -0.3 is 9.84 Å². The minimum absolute atomic E-state index is 0.0379. The van der Waals surface area contributed by atoms with Crippen molar-refractivity contribution in [1.82, 2.24) is 0 Å². The van der Waals surface area contributed by atoms with Gasteiger partial charge in [-0.15, -0.1) is 0 Å². The third-order valence-corrected chi connectivity index (χ3v) is 2.47. The van der Waals surface area contributed by atoms with Crippen LogP contribution in [0.2, 0.25) is 0 Å². The Morgan fingerprint density at radius 2 is 2.00 bits per heavy atom. The van der Waals surface area contributed by atoms with Crippen LogP contribution >= 0.6 is 0 Å². The van der Waals surface area contributed by atoms with Crippen LogP contribution in [0.15, 0.2) is 54.1 Å². The Balaban J connectivity index is 2.95. The highest BCUT2D eigenvalue weighted by Crippen LogP contribution is 2.26. The lowest BCUT2D eigenvalue weighted by Gasteiger charge is -2.19. The van der Waals surface area contributed by atoms with Crippen LogP contribution in [0, 0.1) is 0 Å². The average molecular weight is 232 g/mol. The van der Waals surface area contributed by atoms with Crippen LogP contribution < -0.4 is 0 Å². The summed E-state index contributed by atoms with van der Waals surface area (Å²) in [5.74, 6) is 0. The molecule has 1 unspecified atom stereocenters. The maximum atomic E-state index is 8.88. The lowest BCUT2D eigenvalue weighted by Crippen LogP contribution is -2.09. The van der Waals surface area contributed by atoms with Gasteiger partial charge in [-0.25, -0.2) is 0 Å². The summed E-state index contributed by atoms with van der Waals surface area (Å²) >= 11 is 0. The third-order valence-electron chi connectivity index (χ3n) is 2.47. The average Bonchev–Trinajstić information content (AvgIpc) is 2.39. The molecular weight excluding hydrogens is 212 g/mol. The normalized spacial score (nSPS) is 14.2. The van der Waals surface area contributed by atoms with Crippen LogP contribution in [0.1, 0.15) is 25.5 Å². The first-order chi connectivity index (χ1) is 8.33. The molecule has 17 heavy (non-hydrogen) atoms. The Morgan fingerprint density at radius 1 is 1.29 bits per heavy atom. The van der Waals surface area contributed by atoms with Gasteiger partial charge in [0.15, 0.2) is 0 Å². The Bertz CT molecular complexity index is 366. The number of rotatable bonds is 6. The quantitative estimate of drug-likeness (QED) is 0.763. The highest BCUT2D eigenvalue weighted by Gasteiger charge is 2.14. The molecule has 0 radical (unpaired) electrons. The SMILES string of the molecule is C/C=C\C(=C/C)C(OCCO)c1ccccc1. The molecule has 2 nitrogen and oxygen atoms in total. The van der Waals surface area contributed by atoms with E-state index in [9.17, 15) is 0 Å². The van der Waals surface area contributed by atoms with Crippen molar-refractivity contribution in [2.24, 2.45) is 0 Å². The summed E-state index contributed by atoms with van der Waals surface area (Å²) in [5.41, 5.74) is 2.21. The summed E-state index contributed by atoms with van der Waals surface area (Å²) in [4.78, 5) is 0. The van der Waals surface area contributed by atoms with Crippen LogP contribution in [-0.4, -0.2) is 18.3 Å². The minimum Gasteiger partial charge on any atom is -0.394 e. The smallest absolute Gasteiger partial charge is 0.107 e. The minimum atomic E-state index is -0.107. The Hall–Kier alpha value is -1.38. The Kier molecular flexibility index (Phi) is 6.30. The van der Waals surface area contributed by atoms with E-state index in [0.29, 0.717) is 6.61 Å². The van der Waals surface area contributed by atoms with E-state index in [1.807, 2.05) is 62.4 Å². The van der Waals surface area contributed by atoms with Crippen molar-refractivity contribution in [1.29, 1.82) is 0 Å². The summed E-state index contributed by atoms with van der Waals surface area (Å²) in [6.45, 7) is 4.36. The van der Waals surface area contributed by atoms with Crippen LogP contribution in [0.4, 0.5) is 0 Å². The van der Waals surface area contributed by atoms with Gasteiger partial charge in [-0.2, -0.15) is 0 Å². The zero-order valence-electron chi connectivity index (χ0n) is 10.5. The summed E-state index contributed by atoms with van der Waals surface area (Å²) in [5, 5.41) is 8.88. The fourth-order valence-electron chi connectivity index (χ4n) is 1.71. The van der Waals surface area contributed by atoms with Crippen LogP contribution in [0.3, 0.4) is 0 Å². The van der Waals surface area contributed by atoms with Gasteiger partial charge in [-0.1, -0.05) is 48.6 Å². The molecule has 0 aliphatic heterocycles. The van der Waals surface area contributed by atoms with Gasteiger partial charge >= 0.3 is 0 Å². The molecule has 0 heterocycles. The van der Waals surface area contributed by atoms with Gasteiger partial charge in [-0.05, 0) is 25.0 Å². The van der Waals surface area contributed by atoms with Crippen molar-refractivity contribution in [3.05, 3.63) is 59.7 Å². The number of ether oxygens (including phenoxy) is 1. The zero-order valence-corrected chi connectivity index (χ0v) is 10.5. The number of hydrogen-bond acceptors (Lipinski definition) is 2. The van der Waals surface area contributed by atoms with E-state index in [-0.39, 0.29) is 12.7 Å². The number of aliphatic hydroxyl groups excluding tert-OH is 1. The first-order valence-corrected chi connectivity index (χ1v) is 5.89. The highest BCUT2D eigenvalue weighted by molar-refractivity contribution is 5.32. The molecule has 1 atom stereocenters. The molecule has 0 aliphatic carbocycles. The molecule has 1 rings (SSSR count). The molecule has 0 spiro atoms. The van der Waals surface area contributed by atoms with Crippen molar-refractivity contribution in [2.75, 3.05) is 13.2 Å². The standard InChI is InChI=1S/C15H20O2/c1-3-8-13(4-2)15(17-12-11-16)14-9-6-5-7-10-14/h3-10,15-16H,11-12H2,1-2H3/b8-3-,13-4+. The molecule has 92 valence electrons. The monoisotopic (exact) mass is 232 g/mol. The molecule has 0 saturated carbocycles. The molecule has 2 heteroatoms. The number of allylic oxidation sites excluding steroid dienone is 2. The lowest BCUT2D eigenvalue weighted by molar-refractivity contribution is 0.0497. The second kappa shape index (κ2) is 7.82. The predicted octanol–water partition coefficient (Wildman–Crippen LogP) is 3.26. The molecular formula is C15H20O2. The Labute approximate surface area is 103 Å². The first-order valence-electron chi connectivity index (χ1n) is 5.89. The number of benzene rings is 1. The van der Waals surface area contributed by atoms with Gasteiger partial charge in [-0.3, -0.25) is 0 Å². The van der Waals surface area contributed by atoms with Gasteiger partial charge in [0, 0.05) is 0 Å². The summed E-state index contributed by atoms with van der Waals surface area (Å²) in [6, 6.07) is 10.0. The maximum absolute atomic E-state index is 8.88. The van der Waals surface area contributed by atoms with Crippen molar-refractivity contribution < 1.29 is 9.84 Å². The van der Waals surface area contributed by atoms with Crippen molar-refractivity contribution in [2.45, 2.75) is 20.0 Å². The summed E-state index contributed by atoms with van der Waals surface area (Å²) in [7, 11) is 0. The van der Waals surface area contributed by atoms with Crippen molar-refractivity contribution >= 4 is 0 Å². The number of aliphatic hydroxyl groups is 1. The molecule has 0 amide bonds. The van der Waals surface area contributed by atoms with Gasteiger partial charge in [0.25, 0.3) is 0 Å². The van der Waals surface area contributed by atoms with E-state index in [1.54, 1.807) is 0 Å². The van der Waals surface area contributed by atoms with Crippen LogP contribution in [0.25, 0.3) is 0 Å². The van der Waals surface area contributed by atoms with E-state index in [4.69, 9.17) is 9.84 Å². The first kappa shape index (κ1) is 13.7. The predicted molar refractivity (Wildman–Crippen MR) is 70.8 cm³/mol. The molecule has 1 aromatic rings. The van der Waals surface area contributed by atoms with E-state index in [0.717, 1.165) is 11.1 Å². The van der Waals surface area contributed by atoms with E-state index >= 15 is 0 Å². The van der Waals surface area contributed by atoms with Crippen LogP contribution in [0.5, 0.6) is 0 Å². The fraction of sp³-hybridized carbons (Fsp3) is 0.333. The third kappa shape index (κ3) is 4.17. The van der Waals surface area contributed by atoms with Gasteiger partial charge in [0.05, 0.1) is 13.2 Å². The largest absolute Gasteiger partial charge is 0.394 e. The van der Waals surface area contributed by atoms with E-state index in [1.165, 1.54) is 0 Å². The maximum Gasteiger partial charge on any atom is 0.107 e. The van der Waals surface area contributed by atoms with Crippen molar-refractivity contribution in [3.63, 3.8) is 0 Å². The zero-order chi connectivity index (χ0) is 12.5. The van der Waals surface area contributed by atoms with Crippen LogP contribution in [-0.2, 0) is 4.74 Å². The van der Waals surface area contributed by atoms with Gasteiger partial charge in [0.1, 0.15) is 6.10 Å². The fourth-order valence-corrected chi connectivity index (χ4v) is 1.71. The lowest BCUT2D eigenvalue weighted by atomic mass is 10.0. The molecule has 1 aromatic carbocycles. The Morgan fingerprint density at radius 3 is 2.53 bits per heavy atom. The molecule has 0 fully saturated rings. The second-order valence-electron chi connectivity index (χ2n) is 3.67. The molecule has 0 aromatic heterocycles. The van der Waals surface area contributed by atoms with Gasteiger partial charge in [0.2, 0.25) is 0 Å². The van der Waals surface area contributed by atoms with E-state index < -0.39 is 0 Å². The number of hydrogen-bond donors (Lipinski definition) is 1. The van der Waals surface area contributed by atoms with Crippen molar-refractivity contribution in [3.8, 4) is 0 Å². The summed E-state index contributed by atoms with van der Waals surface area (Å²) in [6.07, 6.45) is 5.96. The molecule has 0 aliphatic rings. The topological polar surface area (TPSA) is 29.5 Å². The second-order valence-corrected chi connectivity index (χ2v) is 3.67.